The third-order valence-electron chi connectivity index (χ3n) is 5.64. The number of hydrogen-bond donors (Lipinski definition) is 0. The first-order valence-electron chi connectivity index (χ1n) is 6.30. The molecule has 0 aliphatic heterocycles. The van der Waals surface area contributed by atoms with Gasteiger partial charge >= 0.3 is 0 Å². The molecule has 84 valence electrons. The van der Waals surface area contributed by atoms with Gasteiger partial charge in [0, 0.05) is 0 Å². The Labute approximate surface area is 90.5 Å². The Morgan fingerprint density at radius 2 is 1.50 bits per heavy atom. The molecule has 0 N–H and O–H groups in total. The smallest absolute Gasteiger partial charge is 0.0272 e. The molecular weight excluding hydrogens is 168 g/mol. The van der Waals surface area contributed by atoms with Crippen LogP contribution in [0.1, 0.15) is 54.9 Å². The van der Waals surface area contributed by atoms with Crippen molar-refractivity contribution in [3.8, 4) is 0 Å². The van der Waals surface area contributed by atoms with E-state index in [2.05, 4.69) is 48.5 Å². The van der Waals surface area contributed by atoms with Crippen molar-refractivity contribution in [3.63, 3.8) is 0 Å². The van der Waals surface area contributed by atoms with Gasteiger partial charge in [-0.05, 0) is 41.4 Å². The molecule has 1 aliphatic rings. The Morgan fingerprint density at radius 1 is 1.00 bits per heavy atom. The molecule has 1 fully saturated rings. The molecule has 0 spiro atoms. The van der Waals surface area contributed by atoms with E-state index in [1.807, 2.05) is 0 Å². The summed E-state index contributed by atoms with van der Waals surface area (Å²) < 4.78 is 0. The van der Waals surface area contributed by atoms with Gasteiger partial charge in [-0.2, -0.15) is 0 Å². The molecule has 1 aliphatic carbocycles. The summed E-state index contributed by atoms with van der Waals surface area (Å²) in [5.74, 6) is 4.36. The second-order valence-electron chi connectivity index (χ2n) is 6.35. The molecule has 0 aromatic heterocycles. The van der Waals surface area contributed by atoms with Crippen molar-refractivity contribution >= 4 is 0 Å². The largest absolute Gasteiger partial charge is 0.0622 e. The predicted molar refractivity (Wildman–Crippen MR) is 64.2 cm³/mol. The third kappa shape index (κ3) is 1.73. The fourth-order valence-electron chi connectivity index (χ4n) is 3.40. The summed E-state index contributed by atoms with van der Waals surface area (Å²) >= 11 is 0. The lowest BCUT2D eigenvalue weighted by Gasteiger charge is -2.52. The lowest BCUT2D eigenvalue weighted by molar-refractivity contribution is -0.0278. The maximum absolute atomic E-state index is 2.50. The van der Waals surface area contributed by atoms with E-state index in [1.54, 1.807) is 0 Å². The molecule has 0 bridgehead atoms. The van der Waals surface area contributed by atoms with Gasteiger partial charge < -0.3 is 0 Å². The zero-order valence-corrected chi connectivity index (χ0v) is 11.1. The minimum absolute atomic E-state index is 0.561. The van der Waals surface area contributed by atoms with Crippen molar-refractivity contribution in [1.29, 1.82) is 0 Å². The average Bonchev–Trinajstić information content (AvgIpc) is 2.11. The highest BCUT2D eigenvalue weighted by Gasteiger charge is 2.45. The zero-order valence-electron chi connectivity index (χ0n) is 11.1. The third-order valence-corrected chi connectivity index (χ3v) is 5.64. The molecule has 0 heteroatoms. The Bertz CT molecular complexity index is 194. The first-order valence-corrected chi connectivity index (χ1v) is 6.30. The lowest BCUT2D eigenvalue weighted by Crippen LogP contribution is -2.44. The van der Waals surface area contributed by atoms with Crippen LogP contribution in [0.3, 0.4) is 0 Å². The highest BCUT2D eigenvalue weighted by atomic mass is 14.5. The molecular formula is C14H28. The highest BCUT2D eigenvalue weighted by Crippen LogP contribution is 2.52. The number of hydrogen-bond acceptors (Lipinski definition) is 0. The van der Waals surface area contributed by atoms with E-state index in [0.717, 1.165) is 29.6 Å². The van der Waals surface area contributed by atoms with Gasteiger partial charge in [-0.15, -0.1) is 0 Å². The summed E-state index contributed by atoms with van der Waals surface area (Å²) in [5, 5.41) is 0. The van der Waals surface area contributed by atoms with Crippen LogP contribution in [0, 0.1) is 35.0 Å². The molecule has 5 atom stereocenters. The van der Waals surface area contributed by atoms with E-state index < -0.39 is 0 Å². The van der Waals surface area contributed by atoms with Crippen molar-refractivity contribution in [1.82, 2.24) is 0 Å². The SMILES string of the molecule is CC1CC(C)(C(C)C)C(C)C(C)C1C. The molecule has 0 saturated heterocycles. The zero-order chi connectivity index (χ0) is 11.1. The topological polar surface area (TPSA) is 0 Å². The van der Waals surface area contributed by atoms with Crippen molar-refractivity contribution < 1.29 is 0 Å². The second-order valence-corrected chi connectivity index (χ2v) is 6.35. The molecule has 1 saturated carbocycles. The molecule has 0 heterocycles. The molecule has 0 amide bonds. The lowest BCUT2D eigenvalue weighted by atomic mass is 9.53. The second kappa shape index (κ2) is 3.87. The van der Waals surface area contributed by atoms with Crippen LogP contribution in [0.4, 0.5) is 0 Å². The quantitative estimate of drug-likeness (QED) is 0.575. The minimum atomic E-state index is 0.561. The fraction of sp³-hybridized carbons (Fsp3) is 1.00. The van der Waals surface area contributed by atoms with Crippen LogP contribution >= 0.6 is 0 Å². The van der Waals surface area contributed by atoms with Gasteiger partial charge in [-0.3, -0.25) is 0 Å². The van der Waals surface area contributed by atoms with Crippen molar-refractivity contribution in [3.05, 3.63) is 0 Å². The maximum Gasteiger partial charge on any atom is -0.0272 e. The molecule has 0 nitrogen and oxygen atoms in total. The van der Waals surface area contributed by atoms with Gasteiger partial charge in [-0.25, -0.2) is 0 Å². The number of rotatable bonds is 1. The van der Waals surface area contributed by atoms with Crippen molar-refractivity contribution in [2.45, 2.75) is 54.9 Å². The summed E-state index contributed by atoms with van der Waals surface area (Å²) in [7, 11) is 0. The van der Waals surface area contributed by atoms with E-state index in [9.17, 15) is 0 Å². The Morgan fingerprint density at radius 3 is 1.93 bits per heavy atom. The van der Waals surface area contributed by atoms with Crippen LogP contribution in [0.5, 0.6) is 0 Å². The summed E-state index contributed by atoms with van der Waals surface area (Å²) in [6, 6.07) is 0. The van der Waals surface area contributed by atoms with E-state index in [-0.39, 0.29) is 0 Å². The maximum atomic E-state index is 2.50. The molecule has 0 radical (unpaired) electrons. The molecule has 0 aromatic rings. The summed E-state index contributed by atoms with van der Waals surface area (Å²) in [6.07, 6.45) is 1.41. The van der Waals surface area contributed by atoms with Crippen LogP contribution in [0.15, 0.2) is 0 Å². The Balaban J connectivity index is 2.90. The van der Waals surface area contributed by atoms with E-state index >= 15 is 0 Å². The normalized spacial score (nSPS) is 49.7. The van der Waals surface area contributed by atoms with E-state index in [1.165, 1.54) is 6.42 Å². The van der Waals surface area contributed by atoms with Gasteiger partial charge in [0.15, 0.2) is 0 Å². The van der Waals surface area contributed by atoms with Crippen molar-refractivity contribution in [2.75, 3.05) is 0 Å². The molecule has 14 heavy (non-hydrogen) atoms. The van der Waals surface area contributed by atoms with Crippen LogP contribution in [-0.4, -0.2) is 0 Å². The Hall–Kier alpha value is 0. The van der Waals surface area contributed by atoms with Gasteiger partial charge in [0.2, 0.25) is 0 Å². The Kier molecular flexibility index (Phi) is 3.33. The molecule has 0 aromatic carbocycles. The summed E-state index contributed by atoms with van der Waals surface area (Å²) in [5.41, 5.74) is 0.561. The monoisotopic (exact) mass is 196 g/mol. The van der Waals surface area contributed by atoms with Gasteiger partial charge in [0.1, 0.15) is 0 Å². The van der Waals surface area contributed by atoms with Crippen LogP contribution in [-0.2, 0) is 0 Å². The van der Waals surface area contributed by atoms with Crippen LogP contribution < -0.4 is 0 Å². The van der Waals surface area contributed by atoms with Gasteiger partial charge in [0.25, 0.3) is 0 Å². The van der Waals surface area contributed by atoms with Crippen molar-refractivity contribution in [2.24, 2.45) is 35.0 Å². The van der Waals surface area contributed by atoms with Crippen LogP contribution in [0.25, 0.3) is 0 Å². The van der Waals surface area contributed by atoms with Gasteiger partial charge in [-0.1, -0.05) is 48.5 Å². The highest BCUT2D eigenvalue weighted by molar-refractivity contribution is 4.94. The summed E-state index contributed by atoms with van der Waals surface area (Å²) in [4.78, 5) is 0. The first kappa shape index (κ1) is 12.1. The van der Waals surface area contributed by atoms with E-state index in [4.69, 9.17) is 0 Å². The standard InChI is InChI=1S/C14H28/c1-9(2)14(7)8-10(3)11(4)12(5)13(14)6/h9-13H,8H2,1-7H3. The van der Waals surface area contributed by atoms with Crippen LogP contribution in [0.2, 0.25) is 0 Å². The van der Waals surface area contributed by atoms with E-state index in [0.29, 0.717) is 5.41 Å². The van der Waals surface area contributed by atoms with Gasteiger partial charge in [0.05, 0.1) is 0 Å². The first-order chi connectivity index (χ1) is 6.30. The average molecular weight is 196 g/mol. The predicted octanol–water partition coefficient (Wildman–Crippen LogP) is 4.60. The molecule has 5 unspecified atom stereocenters. The molecule has 1 rings (SSSR count). The fourth-order valence-corrected chi connectivity index (χ4v) is 3.40. The summed E-state index contributed by atoms with van der Waals surface area (Å²) in [6.45, 7) is 17.1. The minimum Gasteiger partial charge on any atom is -0.0622 e.